The van der Waals surface area contributed by atoms with Crippen LogP contribution in [0.4, 0.5) is 11.6 Å². The van der Waals surface area contributed by atoms with Crippen LogP contribution in [-0.2, 0) is 16.1 Å². The van der Waals surface area contributed by atoms with Crippen molar-refractivity contribution in [2.24, 2.45) is 0 Å². The molecule has 0 atom stereocenters. The number of benzene rings is 1. The minimum atomic E-state index is -0.303. The van der Waals surface area contributed by atoms with Gasteiger partial charge >= 0.3 is 0 Å². The zero-order valence-corrected chi connectivity index (χ0v) is 17.5. The van der Waals surface area contributed by atoms with E-state index in [-0.39, 0.29) is 30.9 Å². The molecule has 0 unspecified atom stereocenters. The van der Waals surface area contributed by atoms with Crippen LogP contribution in [0.15, 0.2) is 42.5 Å². The minimum absolute atomic E-state index is 0.0352. The average Bonchev–Trinajstić information content (AvgIpc) is 3.54. The molecule has 1 fully saturated rings. The molecule has 1 aliphatic rings. The summed E-state index contributed by atoms with van der Waals surface area (Å²) in [6.45, 7) is -0.0936. The Morgan fingerprint density at radius 3 is 2.65 bits per heavy atom. The van der Waals surface area contributed by atoms with E-state index in [1.54, 1.807) is 17.0 Å². The molecule has 0 spiro atoms. The fraction of sp³-hybridized carbons (Fsp3) is 0.318. The summed E-state index contributed by atoms with van der Waals surface area (Å²) in [5.41, 5.74) is 1.01. The quantitative estimate of drug-likeness (QED) is 0.559. The normalized spacial score (nSPS) is 13.1. The summed E-state index contributed by atoms with van der Waals surface area (Å²) in [7, 11) is 3.74. The first-order valence-electron chi connectivity index (χ1n) is 10.1. The fourth-order valence-electron chi connectivity index (χ4n) is 3.47. The third-order valence-electron chi connectivity index (χ3n) is 5.17. The van der Waals surface area contributed by atoms with Gasteiger partial charge in [-0.05, 0) is 31.0 Å². The Morgan fingerprint density at radius 2 is 1.94 bits per heavy atom. The minimum Gasteiger partial charge on any atom is -0.363 e. The van der Waals surface area contributed by atoms with Gasteiger partial charge in [-0.25, -0.2) is 4.98 Å². The highest BCUT2D eigenvalue weighted by atomic mass is 16.2. The van der Waals surface area contributed by atoms with Crippen molar-refractivity contribution in [2.45, 2.75) is 25.4 Å². The van der Waals surface area contributed by atoms with Crippen LogP contribution < -0.4 is 10.2 Å². The molecule has 0 radical (unpaired) electrons. The van der Waals surface area contributed by atoms with Crippen LogP contribution in [0.25, 0.3) is 10.9 Å². The molecule has 2 amide bonds. The molecule has 1 N–H and O–H groups in total. The molecule has 31 heavy (non-hydrogen) atoms. The molecule has 9 nitrogen and oxygen atoms in total. The number of aldehydes is 1. The van der Waals surface area contributed by atoms with E-state index < -0.39 is 0 Å². The summed E-state index contributed by atoms with van der Waals surface area (Å²) in [5, 5.41) is 7.74. The summed E-state index contributed by atoms with van der Waals surface area (Å²) < 4.78 is 1.52. The zero-order valence-electron chi connectivity index (χ0n) is 17.5. The number of hydrogen-bond acceptors (Lipinski definition) is 6. The third kappa shape index (κ3) is 4.55. The van der Waals surface area contributed by atoms with Gasteiger partial charge in [0, 0.05) is 25.5 Å². The average molecular weight is 420 g/mol. The summed E-state index contributed by atoms with van der Waals surface area (Å²) in [4.78, 5) is 44.8. The van der Waals surface area contributed by atoms with Gasteiger partial charge in [-0.3, -0.25) is 19.1 Å². The van der Waals surface area contributed by atoms with Crippen molar-refractivity contribution in [1.82, 2.24) is 19.7 Å². The molecule has 160 valence electrons. The molecule has 9 heteroatoms. The smallest absolute Gasteiger partial charge is 0.245 e. The maximum Gasteiger partial charge on any atom is 0.245 e. The van der Waals surface area contributed by atoms with Crippen molar-refractivity contribution in [3.8, 4) is 0 Å². The Labute approximate surface area is 179 Å². The molecule has 2 aromatic heterocycles. The first kappa shape index (κ1) is 20.5. The molecule has 1 aliphatic carbocycles. The largest absolute Gasteiger partial charge is 0.363 e. The molecule has 1 saturated carbocycles. The first-order valence-corrected chi connectivity index (χ1v) is 10.1. The van der Waals surface area contributed by atoms with E-state index in [4.69, 9.17) is 0 Å². The Morgan fingerprint density at radius 1 is 1.16 bits per heavy atom. The van der Waals surface area contributed by atoms with E-state index in [0.717, 1.165) is 18.7 Å². The number of nitrogens with zero attached hydrogens (tertiary/aromatic N) is 5. The molecular weight excluding hydrogens is 396 g/mol. The summed E-state index contributed by atoms with van der Waals surface area (Å²) in [5.74, 6) is 0.651. The predicted molar refractivity (Wildman–Crippen MR) is 117 cm³/mol. The number of hydrogen-bond donors (Lipinski definition) is 1. The zero-order chi connectivity index (χ0) is 22.0. The van der Waals surface area contributed by atoms with Crippen LogP contribution in [0.3, 0.4) is 0 Å². The van der Waals surface area contributed by atoms with Gasteiger partial charge in [0.2, 0.25) is 11.8 Å². The lowest BCUT2D eigenvalue weighted by atomic mass is 10.2. The molecule has 0 aliphatic heterocycles. The Kier molecular flexibility index (Phi) is 5.66. The van der Waals surface area contributed by atoms with Crippen LogP contribution in [0.5, 0.6) is 0 Å². The molecular formula is C22H24N6O3. The van der Waals surface area contributed by atoms with Crippen molar-refractivity contribution in [3.63, 3.8) is 0 Å². The van der Waals surface area contributed by atoms with E-state index in [9.17, 15) is 14.4 Å². The number of aromatic nitrogens is 3. The highest BCUT2D eigenvalue weighted by molar-refractivity contribution is 5.96. The van der Waals surface area contributed by atoms with Crippen LogP contribution in [0.2, 0.25) is 0 Å². The van der Waals surface area contributed by atoms with Gasteiger partial charge in [0.05, 0.1) is 5.52 Å². The van der Waals surface area contributed by atoms with E-state index in [1.807, 2.05) is 49.3 Å². The first-order chi connectivity index (χ1) is 15.0. The van der Waals surface area contributed by atoms with Gasteiger partial charge in [0.1, 0.15) is 30.4 Å². The summed E-state index contributed by atoms with van der Waals surface area (Å²) in [6, 6.07) is 12.7. The van der Waals surface area contributed by atoms with Crippen molar-refractivity contribution >= 4 is 40.6 Å². The van der Waals surface area contributed by atoms with Crippen molar-refractivity contribution in [2.75, 3.05) is 30.9 Å². The van der Waals surface area contributed by atoms with E-state index in [2.05, 4.69) is 15.4 Å². The van der Waals surface area contributed by atoms with Crippen LogP contribution in [0, 0.1) is 0 Å². The number of para-hydroxylation sites is 1. The highest BCUT2D eigenvalue weighted by Gasteiger charge is 2.34. The molecule has 0 saturated heterocycles. The topological polar surface area (TPSA) is 100 Å². The second-order valence-electron chi connectivity index (χ2n) is 7.75. The van der Waals surface area contributed by atoms with Crippen molar-refractivity contribution < 1.29 is 14.4 Å². The second-order valence-corrected chi connectivity index (χ2v) is 7.75. The number of nitrogens with one attached hydrogen (secondary N) is 1. The highest BCUT2D eigenvalue weighted by Crippen LogP contribution is 2.27. The number of anilines is 2. The monoisotopic (exact) mass is 420 g/mol. The predicted octanol–water partition coefficient (Wildman–Crippen LogP) is 1.94. The maximum atomic E-state index is 13.0. The number of carbonyl (C=O) groups excluding carboxylic acids is 3. The van der Waals surface area contributed by atoms with Crippen LogP contribution in [0.1, 0.15) is 23.3 Å². The lowest BCUT2D eigenvalue weighted by Gasteiger charge is -2.22. The van der Waals surface area contributed by atoms with Gasteiger partial charge in [-0.1, -0.05) is 24.3 Å². The number of amides is 2. The fourth-order valence-corrected chi connectivity index (χ4v) is 3.47. The second kappa shape index (κ2) is 8.55. The Bertz CT molecular complexity index is 1140. The van der Waals surface area contributed by atoms with E-state index >= 15 is 0 Å². The molecule has 4 rings (SSSR count). The Balaban J connectivity index is 1.47. The number of fused-ring (bicyclic) bond motifs is 1. The van der Waals surface area contributed by atoms with Gasteiger partial charge in [-0.2, -0.15) is 5.10 Å². The molecule has 3 aromatic rings. The van der Waals surface area contributed by atoms with Crippen molar-refractivity contribution in [3.05, 3.63) is 48.2 Å². The molecule has 1 aromatic carbocycles. The summed E-state index contributed by atoms with van der Waals surface area (Å²) in [6.07, 6.45) is 2.42. The van der Waals surface area contributed by atoms with Crippen LogP contribution >= 0.6 is 0 Å². The molecule has 0 bridgehead atoms. The van der Waals surface area contributed by atoms with Gasteiger partial charge in [-0.15, -0.1) is 0 Å². The van der Waals surface area contributed by atoms with Crippen molar-refractivity contribution in [1.29, 1.82) is 0 Å². The maximum absolute atomic E-state index is 13.0. The number of pyridine rings is 1. The lowest BCUT2D eigenvalue weighted by molar-refractivity contribution is -0.135. The summed E-state index contributed by atoms with van der Waals surface area (Å²) >= 11 is 0. The number of carbonyl (C=O) groups is 3. The van der Waals surface area contributed by atoms with E-state index in [0.29, 0.717) is 28.7 Å². The SMILES string of the molecule is CN(C)c1cccc(NC(=O)CN(C(=O)Cn2nc(C=O)c3ccccc32)C2CC2)n1. The molecule has 2 heterocycles. The van der Waals surface area contributed by atoms with Gasteiger partial charge in [0.15, 0.2) is 6.29 Å². The standard InChI is InChI=1S/C22H24N6O3/c1-26(2)20-9-5-8-19(23-20)24-21(30)12-27(15-10-11-15)22(31)13-28-18-7-4-3-6-16(18)17(14-29)25-28/h3-9,14-15H,10-13H2,1-2H3,(H,23,24,30). The van der Waals surface area contributed by atoms with E-state index in [1.165, 1.54) is 4.68 Å². The van der Waals surface area contributed by atoms with Gasteiger partial charge < -0.3 is 15.1 Å². The third-order valence-corrected chi connectivity index (χ3v) is 5.17. The lowest BCUT2D eigenvalue weighted by Crippen LogP contribution is -2.41. The number of rotatable bonds is 8. The van der Waals surface area contributed by atoms with Gasteiger partial charge in [0.25, 0.3) is 0 Å². The Hall–Kier alpha value is -3.75. The van der Waals surface area contributed by atoms with Crippen LogP contribution in [-0.4, -0.2) is 64.4 Å².